The number of aliphatic hydroxyl groups is 1. The van der Waals surface area contributed by atoms with Crippen molar-refractivity contribution >= 4 is 27.5 Å². The standard InChI is InChI=1S/C26H29FN6O6S/c1-15-21-23(36)32(18-7-10-30(2)22(18)35)26(37)31(25(21)40-24(15)33-28-8-9-29-33)14-20(39-12-4-11-34)17-13-16(27)5-6-19(17)38-3/h5-6,8-9,13,18,20,34H,4,7,10-12,14H2,1-3H3/t18-,20-/m0/s1. The summed E-state index contributed by atoms with van der Waals surface area (Å²) in [6, 6.07) is 3.04. The fraction of sp³-hybridized carbons (Fsp3) is 0.423. The number of ether oxygens (including phenoxy) is 2. The van der Waals surface area contributed by atoms with Gasteiger partial charge in [0, 0.05) is 37.9 Å². The van der Waals surface area contributed by atoms with Crippen LogP contribution in [0.3, 0.4) is 0 Å². The van der Waals surface area contributed by atoms with Crippen molar-refractivity contribution in [3.63, 3.8) is 0 Å². The number of nitrogens with zero attached hydrogens (tertiary/aromatic N) is 6. The first-order chi connectivity index (χ1) is 19.3. The molecule has 3 aromatic heterocycles. The fourth-order valence-electron chi connectivity index (χ4n) is 5.00. The lowest BCUT2D eigenvalue weighted by Crippen LogP contribution is -2.44. The Morgan fingerprint density at radius 1 is 1.23 bits per heavy atom. The highest BCUT2D eigenvalue weighted by Gasteiger charge is 2.35. The predicted octanol–water partition coefficient (Wildman–Crippen LogP) is 1.81. The number of hydrogen-bond donors (Lipinski definition) is 1. The number of thiophene rings is 1. The first-order valence-corrected chi connectivity index (χ1v) is 13.5. The van der Waals surface area contributed by atoms with Crippen LogP contribution in [0.15, 0.2) is 40.2 Å². The number of amides is 1. The molecule has 0 radical (unpaired) electrons. The van der Waals surface area contributed by atoms with Crippen molar-refractivity contribution in [2.45, 2.75) is 38.5 Å². The van der Waals surface area contributed by atoms with Crippen LogP contribution >= 0.6 is 11.3 Å². The predicted molar refractivity (Wildman–Crippen MR) is 145 cm³/mol. The highest BCUT2D eigenvalue weighted by molar-refractivity contribution is 7.21. The number of aliphatic hydroxyl groups excluding tert-OH is 1. The van der Waals surface area contributed by atoms with Gasteiger partial charge in [-0.15, -0.1) is 4.80 Å². The molecule has 2 atom stereocenters. The van der Waals surface area contributed by atoms with Gasteiger partial charge >= 0.3 is 5.69 Å². The number of benzene rings is 1. The molecule has 1 aromatic carbocycles. The van der Waals surface area contributed by atoms with Crippen molar-refractivity contribution in [3.05, 3.63) is 68.4 Å². The van der Waals surface area contributed by atoms with Gasteiger partial charge in [0.15, 0.2) is 0 Å². The van der Waals surface area contributed by atoms with E-state index in [4.69, 9.17) is 9.47 Å². The molecule has 4 heterocycles. The summed E-state index contributed by atoms with van der Waals surface area (Å²) in [5, 5.41) is 18.5. The third kappa shape index (κ3) is 4.82. The smallest absolute Gasteiger partial charge is 0.332 e. The molecule has 0 unspecified atom stereocenters. The van der Waals surface area contributed by atoms with Gasteiger partial charge in [0.2, 0.25) is 5.91 Å². The van der Waals surface area contributed by atoms with Crippen LogP contribution < -0.4 is 16.0 Å². The summed E-state index contributed by atoms with van der Waals surface area (Å²) >= 11 is 1.16. The van der Waals surface area contributed by atoms with Crippen LogP contribution in [0.2, 0.25) is 0 Å². The van der Waals surface area contributed by atoms with E-state index in [2.05, 4.69) is 10.2 Å². The number of methoxy groups -OCH3 is 1. The third-order valence-corrected chi connectivity index (χ3v) is 8.32. The number of likely N-dealkylation sites (N-methyl/N-ethyl adjacent to an activating group) is 1. The zero-order chi connectivity index (χ0) is 28.6. The van der Waals surface area contributed by atoms with Gasteiger partial charge in [-0.2, -0.15) is 10.2 Å². The molecular formula is C26H29FN6O6S. The van der Waals surface area contributed by atoms with Crippen molar-refractivity contribution in [2.24, 2.45) is 0 Å². The summed E-state index contributed by atoms with van der Waals surface area (Å²) in [5.41, 5.74) is -0.336. The van der Waals surface area contributed by atoms with E-state index >= 15 is 0 Å². The van der Waals surface area contributed by atoms with Crippen LogP contribution in [0.4, 0.5) is 4.39 Å². The Labute approximate surface area is 231 Å². The van der Waals surface area contributed by atoms with E-state index in [-0.39, 0.29) is 31.1 Å². The minimum atomic E-state index is -0.955. The van der Waals surface area contributed by atoms with Crippen LogP contribution in [-0.4, -0.2) is 74.0 Å². The Kier molecular flexibility index (Phi) is 7.83. The Hall–Kier alpha value is -3.88. The summed E-state index contributed by atoms with van der Waals surface area (Å²) in [5.74, 6) is -0.494. The molecule has 212 valence electrons. The second-order valence-electron chi connectivity index (χ2n) is 9.49. The number of hydrogen-bond acceptors (Lipinski definition) is 9. The SMILES string of the molecule is COc1ccc(F)cc1[C@H](Cn1c(=O)n([C@H]2CCN(C)C2=O)c(=O)c2c(C)c(-n3nccn3)sc21)OCCCO. The Bertz CT molecular complexity index is 1660. The maximum atomic E-state index is 14.4. The van der Waals surface area contributed by atoms with Crippen LogP contribution in [-0.2, 0) is 16.1 Å². The average molecular weight is 573 g/mol. The second-order valence-corrected chi connectivity index (χ2v) is 10.5. The number of aromatic nitrogens is 5. The molecule has 1 aliphatic heterocycles. The zero-order valence-electron chi connectivity index (χ0n) is 22.2. The lowest BCUT2D eigenvalue weighted by atomic mass is 10.1. The number of fused-ring (bicyclic) bond motifs is 1. The molecule has 4 aromatic rings. The van der Waals surface area contributed by atoms with Gasteiger partial charge in [-0.1, -0.05) is 11.3 Å². The molecule has 1 N–H and O–H groups in total. The van der Waals surface area contributed by atoms with Gasteiger partial charge in [0.05, 0.1) is 31.4 Å². The van der Waals surface area contributed by atoms with Crippen molar-refractivity contribution in [1.29, 1.82) is 0 Å². The molecule has 1 aliphatic rings. The summed E-state index contributed by atoms with van der Waals surface area (Å²) in [6.45, 7) is 2.03. The molecule has 0 spiro atoms. The number of carbonyl (C=O) groups excluding carboxylic acids is 1. The number of likely N-dealkylation sites (tertiary alicyclic amines) is 1. The normalized spacial score (nSPS) is 16.3. The van der Waals surface area contributed by atoms with E-state index in [1.165, 1.54) is 52.0 Å². The van der Waals surface area contributed by atoms with Crippen molar-refractivity contribution < 1.29 is 23.8 Å². The van der Waals surface area contributed by atoms with Crippen LogP contribution in [0.5, 0.6) is 5.75 Å². The monoisotopic (exact) mass is 572 g/mol. The number of aryl methyl sites for hydroxylation is 1. The first kappa shape index (κ1) is 27.7. The number of halogens is 1. The summed E-state index contributed by atoms with van der Waals surface area (Å²) < 4.78 is 28.3. The Balaban J connectivity index is 1.75. The van der Waals surface area contributed by atoms with Crippen molar-refractivity contribution in [2.75, 3.05) is 33.9 Å². The number of carbonyl (C=O) groups is 1. The third-order valence-electron chi connectivity index (χ3n) is 7.04. The van der Waals surface area contributed by atoms with Crippen LogP contribution in [0.1, 0.15) is 36.1 Å². The minimum Gasteiger partial charge on any atom is -0.496 e. The molecule has 0 saturated carbocycles. The highest BCUT2D eigenvalue weighted by Crippen LogP contribution is 2.34. The van der Waals surface area contributed by atoms with Gasteiger partial charge in [-0.25, -0.2) is 13.8 Å². The molecule has 40 heavy (non-hydrogen) atoms. The molecule has 5 rings (SSSR count). The molecule has 1 fully saturated rings. The quantitative estimate of drug-likeness (QED) is 0.285. The fourth-order valence-corrected chi connectivity index (χ4v) is 6.22. The largest absolute Gasteiger partial charge is 0.496 e. The summed E-state index contributed by atoms with van der Waals surface area (Å²) in [7, 11) is 3.07. The van der Waals surface area contributed by atoms with Crippen LogP contribution in [0.25, 0.3) is 15.2 Å². The summed E-state index contributed by atoms with van der Waals surface area (Å²) in [6.07, 6.45) is 2.74. The van der Waals surface area contributed by atoms with E-state index < -0.39 is 29.2 Å². The molecular weight excluding hydrogens is 543 g/mol. The van der Waals surface area contributed by atoms with E-state index in [1.807, 2.05) is 0 Å². The molecule has 14 heteroatoms. The minimum absolute atomic E-state index is 0.121. The van der Waals surface area contributed by atoms with Crippen molar-refractivity contribution in [3.8, 4) is 10.8 Å². The Morgan fingerprint density at radius 3 is 2.62 bits per heavy atom. The molecule has 0 aliphatic carbocycles. The van der Waals surface area contributed by atoms with E-state index in [0.29, 0.717) is 46.1 Å². The Morgan fingerprint density at radius 2 is 1.98 bits per heavy atom. The average Bonchev–Trinajstić information content (AvgIpc) is 3.66. The van der Waals surface area contributed by atoms with E-state index in [9.17, 15) is 23.9 Å². The van der Waals surface area contributed by atoms with E-state index in [1.54, 1.807) is 14.0 Å². The molecule has 12 nitrogen and oxygen atoms in total. The van der Waals surface area contributed by atoms with E-state index in [0.717, 1.165) is 15.9 Å². The number of rotatable bonds is 10. The molecule has 0 bridgehead atoms. The lowest BCUT2D eigenvalue weighted by molar-refractivity contribution is -0.129. The van der Waals surface area contributed by atoms with Gasteiger partial charge in [-0.05, 0) is 38.0 Å². The highest BCUT2D eigenvalue weighted by atomic mass is 32.1. The lowest BCUT2D eigenvalue weighted by Gasteiger charge is -2.23. The summed E-state index contributed by atoms with van der Waals surface area (Å²) in [4.78, 5) is 44.1. The maximum Gasteiger partial charge on any atom is 0.332 e. The second kappa shape index (κ2) is 11.3. The maximum absolute atomic E-state index is 14.4. The van der Waals surface area contributed by atoms with Gasteiger partial charge < -0.3 is 19.5 Å². The molecule has 1 saturated heterocycles. The topological polar surface area (TPSA) is 134 Å². The molecule has 1 amide bonds. The van der Waals surface area contributed by atoms with Gasteiger partial charge in [-0.3, -0.25) is 14.2 Å². The first-order valence-electron chi connectivity index (χ1n) is 12.7. The van der Waals surface area contributed by atoms with Crippen molar-refractivity contribution in [1.82, 2.24) is 29.0 Å². The van der Waals surface area contributed by atoms with Gasteiger partial charge in [0.1, 0.15) is 33.5 Å². The van der Waals surface area contributed by atoms with Crippen LogP contribution in [0, 0.1) is 12.7 Å². The van der Waals surface area contributed by atoms with Gasteiger partial charge in [0.25, 0.3) is 5.56 Å². The zero-order valence-corrected chi connectivity index (χ0v) is 23.1.